The van der Waals surface area contributed by atoms with E-state index in [0.29, 0.717) is 5.92 Å². The summed E-state index contributed by atoms with van der Waals surface area (Å²) in [6, 6.07) is -0.597. The molecule has 1 saturated heterocycles. The van der Waals surface area contributed by atoms with E-state index in [1.807, 2.05) is 0 Å². The van der Waals surface area contributed by atoms with Gasteiger partial charge in [0.05, 0.1) is 6.04 Å². The van der Waals surface area contributed by atoms with E-state index in [1.54, 1.807) is 4.90 Å². The lowest BCUT2D eigenvalue weighted by Crippen LogP contribution is -2.55. The molecule has 1 heterocycles. The Hall–Kier alpha value is -0.650. The molecular formula is C13H25N3O2. The van der Waals surface area contributed by atoms with Crippen molar-refractivity contribution in [3.8, 4) is 0 Å². The van der Waals surface area contributed by atoms with Gasteiger partial charge in [-0.2, -0.15) is 0 Å². The van der Waals surface area contributed by atoms with Gasteiger partial charge in [-0.1, -0.05) is 19.3 Å². The minimum absolute atomic E-state index is 0.259. The van der Waals surface area contributed by atoms with Crippen LogP contribution in [0.25, 0.3) is 0 Å². The summed E-state index contributed by atoms with van der Waals surface area (Å²) in [6.45, 7) is 0.717. The number of carbonyl (C=O) groups is 1. The highest BCUT2D eigenvalue weighted by atomic mass is 16.3. The fourth-order valence-corrected chi connectivity index (χ4v) is 3.39. The van der Waals surface area contributed by atoms with Crippen molar-refractivity contribution < 1.29 is 9.90 Å². The Morgan fingerprint density at radius 3 is 2.44 bits per heavy atom. The first-order valence-electron chi connectivity index (χ1n) is 7.10. The molecule has 0 spiro atoms. The Balaban J connectivity index is 1.96. The quantitative estimate of drug-likeness (QED) is 0.667. The van der Waals surface area contributed by atoms with E-state index in [1.165, 1.54) is 19.3 Å². The molecule has 1 aliphatic carbocycles. The summed E-state index contributed by atoms with van der Waals surface area (Å²) in [5.74, 6) is 0.0327. The Kier molecular flexibility index (Phi) is 4.59. The predicted octanol–water partition coefficient (Wildman–Crippen LogP) is 0.162. The molecule has 1 amide bonds. The smallest absolute Gasteiger partial charge is 0.234 e. The van der Waals surface area contributed by atoms with E-state index in [4.69, 9.17) is 11.5 Å². The van der Waals surface area contributed by atoms with Gasteiger partial charge in [-0.25, -0.2) is 0 Å². The average molecular weight is 255 g/mol. The standard InChI is InChI=1S/C13H25N3O2/c14-11(9-5-2-1-3-6-9)13(18)16-8-4-7-10(16)12(15)17/h9-11,13,18H,1-8,14H2,(H2,15,17)/t10-,11-,13?/m0/s1. The molecule has 18 heavy (non-hydrogen) atoms. The highest BCUT2D eigenvalue weighted by molar-refractivity contribution is 5.80. The van der Waals surface area contributed by atoms with E-state index in [0.717, 1.165) is 32.2 Å². The van der Waals surface area contributed by atoms with Crippen molar-refractivity contribution >= 4 is 5.91 Å². The molecule has 1 saturated carbocycles. The van der Waals surface area contributed by atoms with Crippen molar-refractivity contribution in [3.63, 3.8) is 0 Å². The van der Waals surface area contributed by atoms with Crippen molar-refractivity contribution in [2.45, 2.75) is 63.3 Å². The van der Waals surface area contributed by atoms with E-state index in [2.05, 4.69) is 0 Å². The second kappa shape index (κ2) is 5.99. The summed E-state index contributed by atoms with van der Waals surface area (Å²) in [5.41, 5.74) is 11.6. The molecule has 1 unspecified atom stereocenters. The van der Waals surface area contributed by atoms with Crippen LogP contribution in [0.15, 0.2) is 0 Å². The summed E-state index contributed by atoms with van der Waals surface area (Å²) in [6.07, 6.45) is 6.77. The lowest BCUT2D eigenvalue weighted by atomic mass is 9.83. The molecule has 5 N–H and O–H groups in total. The number of hydrogen-bond donors (Lipinski definition) is 3. The first-order valence-corrected chi connectivity index (χ1v) is 7.10. The third-order valence-electron chi connectivity index (χ3n) is 4.50. The largest absolute Gasteiger partial charge is 0.377 e. The minimum Gasteiger partial charge on any atom is -0.377 e. The van der Waals surface area contributed by atoms with Crippen LogP contribution in [-0.2, 0) is 4.79 Å². The highest BCUT2D eigenvalue weighted by Crippen LogP contribution is 2.29. The first-order chi connectivity index (χ1) is 8.61. The molecule has 5 heteroatoms. The topological polar surface area (TPSA) is 92.6 Å². The van der Waals surface area contributed by atoms with Gasteiger partial charge >= 0.3 is 0 Å². The SMILES string of the molecule is NC(=O)[C@@H]1CCCN1C(O)[C@@H](N)C1CCCCC1. The molecule has 0 bridgehead atoms. The molecule has 2 aliphatic rings. The Morgan fingerprint density at radius 2 is 1.83 bits per heavy atom. The zero-order chi connectivity index (χ0) is 13.1. The molecule has 2 fully saturated rings. The van der Waals surface area contributed by atoms with Gasteiger partial charge in [0.2, 0.25) is 5.91 Å². The number of hydrogen-bond acceptors (Lipinski definition) is 4. The number of aliphatic hydroxyl groups excluding tert-OH is 1. The molecule has 0 radical (unpaired) electrons. The minimum atomic E-state index is -0.729. The summed E-state index contributed by atoms with van der Waals surface area (Å²) >= 11 is 0. The Morgan fingerprint density at radius 1 is 1.17 bits per heavy atom. The molecule has 5 nitrogen and oxygen atoms in total. The molecule has 3 atom stereocenters. The normalized spacial score (nSPS) is 30.2. The van der Waals surface area contributed by atoms with Crippen LogP contribution in [0.1, 0.15) is 44.9 Å². The van der Waals surface area contributed by atoms with Crippen molar-refractivity contribution in [3.05, 3.63) is 0 Å². The van der Waals surface area contributed by atoms with Gasteiger partial charge < -0.3 is 16.6 Å². The molecule has 0 aromatic carbocycles. The van der Waals surface area contributed by atoms with E-state index >= 15 is 0 Å². The molecule has 0 aromatic rings. The average Bonchev–Trinajstić information content (AvgIpc) is 2.87. The van der Waals surface area contributed by atoms with Gasteiger partial charge in [0, 0.05) is 12.6 Å². The van der Waals surface area contributed by atoms with Gasteiger partial charge in [-0.3, -0.25) is 9.69 Å². The van der Waals surface area contributed by atoms with Crippen LogP contribution in [0.5, 0.6) is 0 Å². The third kappa shape index (κ3) is 2.84. The number of likely N-dealkylation sites (tertiary alicyclic amines) is 1. The molecule has 2 rings (SSSR count). The van der Waals surface area contributed by atoms with E-state index < -0.39 is 6.23 Å². The predicted molar refractivity (Wildman–Crippen MR) is 69.5 cm³/mol. The van der Waals surface area contributed by atoms with Crippen LogP contribution < -0.4 is 11.5 Å². The zero-order valence-electron chi connectivity index (χ0n) is 10.9. The van der Waals surface area contributed by atoms with Gasteiger partial charge in [0.15, 0.2) is 0 Å². The maximum Gasteiger partial charge on any atom is 0.234 e. The van der Waals surface area contributed by atoms with Crippen molar-refractivity contribution in [1.82, 2.24) is 4.90 Å². The number of carbonyl (C=O) groups excluding carboxylic acids is 1. The molecule has 104 valence electrons. The van der Waals surface area contributed by atoms with Crippen LogP contribution in [0, 0.1) is 5.92 Å². The molecule has 1 aliphatic heterocycles. The van der Waals surface area contributed by atoms with Gasteiger partial charge in [0.25, 0.3) is 0 Å². The monoisotopic (exact) mass is 255 g/mol. The Labute approximate surface area is 109 Å². The van der Waals surface area contributed by atoms with Crippen LogP contribution in [0.3, 0.4) is 0 Å². The van der Waals surface area contributed by atoms with Crippen molar-refractivity contribution in [1.29, 1.82) is 0 Å². The van der Waals surface area contributed by atoms with Gasteiger partial charge in [-0.15, -0.1) is 0 Å². The maximum absolute atomic E-state index is 11.3. The number of nitrogens with zero attached hydrogens (tertiary/aromatic N) is 1. The van der Waals surface area contributed by atoms with Gasteiger partial charge in [0.1, 0.15) is 6.23 Å². The van der Waals surface area contributed by atoms with E-state index in [9.17, 15) is 9.90 Å². The number of rotatable bonds is 4. The molecular weight excluding hydrogens is 230 g/mol. The second-order valence-electron chi connectivity index (χ2n) is 5.69. The summed E-state index contributed by atoms with van der Waals surface area (Å²) in [4.78, 5) is 13.1. The number of aliphatic hydroxyl groups is 1. The third-order valence-corrected chi connectivity index (χ3v) is 4.50. The summed E-state index contributed by atoms with van der Waals surface area (Å²) in [7, 11) is 0. The summed E-state index contributed by atoms with van der Waals surface area (Å²) < 4.78 is 0. The summed E-state index contributed by atoms with van der Waals surface area (Å²) in [5, 5.41) is 10.4. The maximum atomic E-state index is 11.3. The zero-order valence-corrected chi connectivity index (χ0v) is 10.9. The van der Waals surface area contributed by atoms with E-state index in [-0.39, 0.29) is 18.0 Å². The van der Waals surface area contributed by atoms with Crippen LogP contribution in [-0.4, -0.2) is 40.8 Å². The second-order valence-corrected chi connectivity index (χ2v) is 5.69. The number of nitrogens with two attached hydrogens (primary N) is 2. The number of primary amides is 1. The lowest BCUT2D eigenvalue weighted by molar-refractivity contribution is -0.127. The number of amides is 1. The van der Waals surface area contributed by atoms with Crippen LogP contribution >= 0.6 is 0 Å². The van der Waals surface area contributed by atoms with Gasteiger partial charge in [-0.05, 0) is 31.6 Å². The van der Waals surface area contributed by atoms with Crippen LogP contribution in [0.2, 0.25) is 0 Å². The highest BCUT2D eigenvalue weighted by Gasteiger charge is 2.38. The van der Waals surface area contributed by atoms with Crippen LogP contribution in [0.4, 0.5) is 0 Å². The fourth-order valence-electron chi connectivity index (χ4n) is 3.39. The Bertz CT molecular complexity index is 292. The van der Waals surface area contributed by atoms with Crippen molar-refractivity contribution in [2.75, 3.05) is 6.54 Å². The lowest BCUT2D eigenvalue weighted by Gasteiger charge is -2.36. The first kappa shape index (κ1) is 13.8. The molecule has 0 aromatic heterocycles. The fraction of sp³-hybridized carbons (Fsp3) is 0.923. The van der Waals surface area contributed by atoms with Crippen molar-refractivity contribution in [2.24, 2.45) is 17.4 Å².